The molecule has 0 aliphatic carbocycles. The molecule has 2 heterocycles. The largest absolute Gasteiger partial charge is 0.381 e. The molecule has 5 nitrogen and oxygen atoms in total. The molecule has 25 heavy (non-hydrogen) atoms. The summed E-state index contributed by atoms with van der Waals surface area (Å²) in [6.45, 7) is 6.37. The van der Waals surface area contributed by atoms with Crippen LogP contribution in [-0.4, -0.2) is 44.4 Å². The lowest BCUT2D eigenvalue weighted by molar-refractivity contribution is -0.149. The molecule has 1 saturated heterocycles. The number of likely N-dealkylation sites (tertiary alicyclic amines) is 1. The van der Waals surface area contributed by atoms with Gasteiger partial charge in [0.05, 0.1) is 11.4 Å². The second-order valence-electron chi connectivity index (χ2n) is 7.34. The number of hydrogen-bond acceptors (Lipinski definition) is 3. The third kappa shape index (κ3) is 3.74. The summed E-state index contributed by atoms with van der Waals surface area (Å²) >= 11 is 0. The van der Waals surface area contributed by atoms with Gasteiger partial charge in [-0.2, -0.15) is 5.10 Å². The second-order valence-corrected chi connectivity index (χ2v) is 7.34. The van der Waals surface area contributed by atoms with Gasteiger partial charge >= 0.3 is 0 Å². The highest BCUT2D eigenvalue weighted by Gasteiger charge is 2.36. The van der Waals surface area contributed by atoms with Crippen molar-refractivity contribution in [2.24, 2.45) is 5.92 Å². The van der Waals surface area contributed by atoms with Gasteiger partial charge in [-0.3, -0.25) is 4.79 Å². The SMILES string of the molecule is CC1CN(C(=O)C(C)(C)O)CC[C@H]1c1ccn(-c2ccc(F)cc2)n1. The number of carbonyl (C=O) groups excluding carboxylic acids is 1. The second kappa shape index (κ2) is 6.59. The maximum absolute atomic E-state index is 13.1. The van der Waals surface area contributed by atoms with Crippen molar-refractivity contribution >= 4 is 5.91 Å². The van der Waals surface area contributed by atoms with E-state index in [1.807, 2.05) is 12.3 Å². The average Bonchev–Trinajstić information content (AvgIpc) is 3.03. The van der Waals surface area contributed by atoms with Crippen LogP contribution in [0.2, 0.25) is 0 Å². The molecule has 1 aliphatic heterocycles. The molecule has 1 aliphatic rings. The van der Waals surface area contributed by atoms with Gasteiger partial charge in [0.1, 0.15) is 11.4 Å². The Hall–Kier alpha value is -2.21. The van der Waals surface area contributed by atoms with Crippen molar-refractivity contribution in [1.29, 1.82) is 0 Å². The fourth-order valence-corrected chi connectivity index (χ4v) is 3.43. The highest BCUT2D eigenvalue weighted by atomic mass is 19.1. The topological polar surface area (TPSA) is 58.4 Å². The van der Waals surface area contributed by atoms with Crippen LogP contribution in [0.5, 0.6) is 0 Å². The van der Waals surface area contributed by atoms with Crippen molar-refractivity contribution in [3.8, 4) is 5.69 Å². The highest BCUT2D eigenvalue weighted by Crippen LogP contribution is 2.32. The Morgan fingerprint density at radius 2 is 1.96 bits per heavy atom. The van der Waals surface area contributed by atoms with Gasteiger partial charge in [0.2, 0.25) is 0 Å². The van der Waals surface area contributed by atoms with E-state index in [0.29, 0.717) is 13.1 Å². The molecular formula is C19H24FN3O2. The van der Waals surface area contributed by atoms with E-state index in [1.165, 1.54) is 26.0 Å². The number of nitrogens with zero attached hydrogens (tertiary/aromatic N) is 3. The Morgan fingerprint density at radius 3 is 2.56 bits per heavy atom. The highest BCUT2D eigenvalue weighted by molar-refractivity contribution is 5.84. The maximum atomic E-state index is 13.1. The van der Waals surface area contributed by atoms with Gasteiger partial charge in [-0.1, -0.05) is 6.92 Å². The van der Waals surface area contributed by atoms with Crippen LogP contribution in [0.1, 0.15) is 38.8 Å². The summed E-state index contributed by atoms with van der Waals surface area (Å²) < 4.78 is 14.8. The van der Waals surface area contributed by atoms with Gasteiger partial charge in [0.25, 0.3) is 5.91 Å². The normalized spacial score (nSPS) is 21.4. The number of amides is 1. The minimum Gasteiger partial charge on any atom is -0.381 e. The van der Waals surface area contributed by atoms with Crippen LogP contribution in [0.4, 0.5) is 4.39 Å². The standard InChI is InChI=1S/C19H24FN3O2/c1-13-12-22(18(24)19(2,3)25)10-8-16(13)17-9-11-23(21-17)15-6-4-14(20)5-7-15/h4-7,9,11,13,16,25H,8,10,12H2,1-3H3/t13?,16-/m1/s1. The molecular weight excluding hydrogens is 321 g/mol. The zero-order valence-electron chi connectivity index (χ0n) is 14.8. The third-order valence-electron chi connectivity index (χ3n) is 4.80. The van der Waals surface area contributed by atoms with E-state index in [1.54, 1.807) is 21.7 Å². The van der Waals surface area contributed by atoms with E-state index in [0.717, 1.165) is 17.8 Å². The summed E-state index contributed by atoms with van der Waals surface area (Å²) in [5.74, 6) is 0.00686. The smallest absolute Gasteiger partial charge is 0.253 e. The summed E-state index contributed by atoms with van der Waals surface area (Å²) in [6, 6.07) is 8.21. The van der Waals surface area contributed by atoms with Crippen molar-refractivity contribution in [1.82, 2.24) is 14.7 Å². The molecule has 134 valence electrons. The number of carbonyl (C=O) groups is 1. The number of rotatable bonds is 3. The molecule has 2 aromatic rings. The lowest BCUT2D eigenvalue weighted by Gasteiger charge is -2.38. The number of halogens is 1. The van der Waals surface area contributed by atoms with Crippen molar-refractivity contribution in [2.75, 3.05) is 13.1 Å². The first-order chi connectivity index (χ1) is 11.8. The van der Waals surface area contributed by atoms with Crippen molar-refractivity contribution in [2.45, 2.75) is 38.7 Å². The van der Waals surface area contributed by atoms with E-state index in [4.69, 9.17) is 0 Å². The van der Waals surface area contributed by atoms with E-state index in [9.17, 15) is 14.3 Å². The van der Waals surface area contributed by atoms with Crippen LogP contribution in [0.25, 0.3) is 5.69 Å². The Labute approximate surface area is 147 Å². The van der Waals surface area contributed by atoms with E-state index < -0.39 is 5.60 Å². The molecule has 3 rings (SSSR count). The molecule has 2 atom stereocenters. The van der Waals surface area contributed by atoms with Crippen molar-refractivity contribution in [3.05, 3.63) is 48.0 Å². The lowest BCUT2D eigenvalue weighted by atomic mass is 9.84. The third-order valence-corrected chi connectivity index (χ3v) is 4.80. The molecule has 0 spiro atoms. The summed E-state index contributed by atoms with van der Waals surface area (Å²) in [5.41, 5.74) is 0.457. The van der Waals surface area contributed by atoms with Crippen LogP contribution in [-0.2, 0) is 4.79 Å². The Morgan fingerprint density at radius 1 is 1.28 bits per heavy atom. The zero-order valence-corrected chi connectivity index (χ0v) is 14.8. The molecule has 1 amide bonds. The summed E-state index contributed by atoms with van der Waals surface area (Å²) in [5, 5.41) is 14.6. The number of aromatic nitrogens is 2. The van der Waals surface area contributed by atoms with Gasteiger partial charge < -0.3 is 10.0 Å². The van der Waals surface area contributed by atoms with Gasteiger partial charge in [-0.25, -0.2) is 9.07 Å². The first-order valence-electron chi connectivity index (χ1n) is 8.59. The summed E-state index contributed by atoms with van der Waals surface area (Å²) in [6.07, 6.45) is 2.69. The molecule has 1 aromatic heterocycles. The van der Waals surface area contributed by atoms with E-state index >= 15 is 0 Å². The Bertz CT molecular complexity index is 749. The predicted molar refractivity (Wildman–Crippen MR) is 92.9 cm³/mol. The first-order valence-corrected chi connectivity index (χ1v) is 8.59. The Balaban J connectivity index is 1.72. The molecule has 1 unspecified atom stereocenters. The average molecular weight is 345 g/mol. The quantitative estimate of drug-likeness (QED) is 0.930. The molecule has 0 bridgehead atoms. The predicted octanol–water partition coefficient (Wildman–Crippen LogP) is 2.73. The number of aliphatic hydroxyl groups is 1. The maximum Gasteiger partial charge on any atom is 0.253 e. The van der Waals surface area contributed by atoms with Gasteiger partial charge in [0, 0.05) is 25.2 Å². The van der Waals surface area contributed by atoms with Gasteiger partial charge in [-0.05, 0) is 56.5 Å². The number of hydrogen-bond donors (Lipinski definition) is 1. The van der Waals surface area contributed by atoms with Crippen LogP contribution < -0.4 is 0 Å². The lowest BCUT2D eigenvalue weighted by Crippen LogP contribution is -2.50. The first kappa shape index (κ1) is 17.6. The molecule has 0 radical (unpaired) electrons. The van der Waals surface area contributed by atoms with Crippen LogP contribution >= 0.6 is 0 Å². The molecule has 1 aromatic carbocycles. The monoisotopic (exact) mass is 345 g/mol. The van der Waals surface area contributed by atoms with Crippen LogP contribution in [0.3, 0.4) is 0 Å². The summed E-state index contributed by atoms with van der Waals surface area (Å²) in [4.78, 5) is 14.0. The van der Waals surface area contributed by atoms with Crippen LogP contribution in [0, 0.1) is 11.7 Å². The Kier molecular flexibility index (Phi) is 4.64. The van der Waals surface area contributed by atoms with Crippen molar-refractivity contribution in [3.63, 3.8) is 0 Å². The molecule has 1 N–H and O–H groups in total. The minimum atomic E-state index is -1.34. The molecule has 0 saturated carbocycles. The number of piperidine rings is 1. The number of benzene rings is 1. The van der Waals surface area contributed by atoms with E-state index in [-0.39, 0.29) is 23.6 Å². The minimum absolute atomic E-state index is 0.227. The molecule has 1 fully saturated rings. The fourth-order valence-electron chi connectivity index (χ4n) is 3.43. The van der Waals surface area contributed by atoms with Crippen molar-refractivity contribution < 1.29 is 14.3 Å². The fraction of sp³-hybridized carbons (Fsp3) is 0.474. The summed E-state index contributed by atoms with van der Waals surface area (Å²) in [7, 11) is 0. The zero-order chi connectivity index (χ0) is 18.2. The molecule has 6 heteroatoms. The van der Waals surface area contributed by atoms with Gasteiger partial charge in [-0.15, -0.1) is 0 Å². The van der Waals surface area contributed by atoms with Crippen LogP contribution in [0.15, 0.2) is 36.5 Å². The van der Waals surface area contributed by atoms with E-state index in [2.05, 4.69) is 12.0 Å². The van der Waals surface area contributed by atoms with Gasteiger partial charge in [0.15, 0.2) is 0 Å².